The fourth-order valence-corrected chi connectivity index (χ4v) is 2.88. The minimum absolute atomic E-state index is 0.426. The zero-order valence-electron chi connectivity index (χ0n) is 10.3. The van der Waals surface area contributed by atoms with Gasteiger partial charge >= 0.3 is 5.97 Å². The van der Waals surface area contributed by atoms with E-state index in [9.17, 15) is 4.79 Å². The maximum absolute atomic E-state index is 11.1. The molecule has 0 radical (unpaired) electrons. The van der Waals surface area contributed by atoms with Crippen LogP contribution in [0.1, 0.15) is 22.2 Å². The Morgan fingerprint density at radius 1 is 1.39 bits per heavy atom. The molecule has 0 aliphatic heterocycles. The van der Waals surface area contributed by atoms with Gasteiger partial charge in [0.1, 0.15) is 10.6 Å². The van der Waals surface area contributed by atoms with Crippen molar-refractivity contribution in [2.45, 2.75) is 13.3 Å². The number of methoxy groups -OCH3 is 1. The second-order valence-corrected chi connectivity index (χ2v) is 4.91. The lowest BCUT2D eigenvalue weighted by Gasteiger charge is -2.01. The lowest BCUT2D eigenvalue weighted by molar-refractivity contribution is 0.0701. The minimum Gasteiger partial charge on any atom is -0.497 e. The molecule has 0 saturated carbocycles. The Morgan fingerprint density at radius 3 is 2.72 bits per heavy atom. The summed E-state index contributed by atoms with van der Waals surface area (Å²) in [4.78, 5) is 12.5. The maximum atomic E-state index is 11.1. The van der Waals surface area contributed by atoms with Crippen molar-refractivity contribution in [3.8, 4) is 16.2 Å². The molecule has 1 aromatic carbocycles. The predicted molar refractivity (Wildman–Crippen MR) is 72.6 cm³/mol. The van der Waals surface area contributed by atoms with E-state index in [1.54, 1.807) is 7.11 Å². The first-order chi connectivity index (χ1) is 8.65. The Hall–Kier alpha value is -1.81. The van der Waals surface area contributed by atoms with E-state index in [1.807, 2.05) is 37.3 Å². The van der Waals surface area contributed by atoms with Gasteiger partial charge in [-0.2, -0.15) is 0 Å². The Kier molecular flexibility index (Phi) is 3.67. The van der Waals surface area contributed by atoms with E-state index in [2.05, 4.69) is 0 Å². The number of aromatic carboxylic acids is 1. The van der Waals surface area contributed by atoms with Crippen LogP contribution >= 0.6 is 11.3 Å². The van der Waals surface area contributed by atoms with E-state index >= 15 is 0 Å². The van der Waals surface area contributed by atoms with Crippen molar-refractivity contribution in [1.29, 1.82) is 0 Å². The van der Waals surface area contributed by atoms with Crippen LogP contribution in [0.3, 0.4) is 0 Å². The summed E-state index contributed by atoms with van der Waals surface area (Å²) >= 11 is 1.31. The lowest BCUT2D eigenvalue weighted by Crippen LogP contribution is -1.95. The van der Waals surface area contributed by atoms with Crippen molar-refractivity contribution in [3.63, 3.8) is 0 Å². The van der Waals surface area contributed by atoms with Crippen molar-refractivity contribution >= 4 is 17.3 Å². The molecule has 0 saturated heterocycles. The van der Waals surface area contributed by atoms with Crippen molar-refractivity contribution in [3.05, 3.63) is 40.8 Å². The van der Waals surface area contributed by atoms with Crippen LogP contribution < -0.4 is 4.74 Å². The molecule has 0 aliphatic carbocycles. The zero-order chi connectivity index (χ0) is 13.1. The SMILES string of the molecule is CCc1cc(-c2cccc(OC)c2)sc1C(=O)O. The zero-order valence-corrected chi connectivity index (χ0v) is 11.1. The molecular weight excluding hydrogens is 248 g/mol. The highest BCUT2D eigenvalue weighted by molar-refractivity contribution is 7.17. The molecular formula is C14H14O3S. The second-order valence-electron chi connectivity index (χ2n) is 3.86. The number of thiophene rings is 1. The van der Waals surface area contributed by atoms with E-state index in [0.29, 0.717) is 4.88 Å². The molecule has 0 spiro atoms. The normalized spacial score (nSPS) is 10.3. The fourth-order valence-electron chi connectivity index (χ4n) is 1.79. The van der Waals surface area contributed by atoms with Crippen LogP contribution in [0.4, 0.5) is 0 Å². The Bertz CT molecular complexity index is 572. The number of rotatable bonds is 4. The Labute approximate surface area is 110 Å². The first kappa shape index (κ1) is 12.6. The van der Waals surface area contributed by atoms with E-state index < -0.39 is 5.97 Å². The highest BCUT2D eigenvalue weighted by Crippen LogP contribution is 2.33. The van der Waals surface area contributed by atoms with E-state index in [4.69, 9.17) is 9.84 Å². The third kappa shape index (κ3) is 2.38. The number of ether oxygens (including phenoxy) is 1. The number of aryl methyl sites for hydroxylation is 1. The molecule has 1 heterocycles. The second kappa shape index (κ2) is 5.23. The van der Waals surface area contributed by atoms with Crippen molar-refractivity contribution < 1.29 is 14.6 Å². The minimum atomic E-state index is -0.856. The van der Waals surface area contributed by atoms with Crippen LogP contribution in [0.5, 0.6) is 5.75 Å². The smallest absolute Gasteiger partial charge is 0.346 e. The topological polar surface area (TPSA) is 46.5 Å². The molecule has 0 aliphatic rings. The molecule has 1 N–H and O–H groups in total. The Morgan fingerprint density at radius 2 is 2.17 bits per heavy atom. The molecule has 2 rings (SSSR count). The molecule has 0 atom stereocenters. The van der Waals surface area contributed by atoms with Gasteiger partial charge in [-0.1, -0.05) is 19.1 Å². The summed E-state index contributed by atoms with van der Waals surface area (Å²) in [6.07, 6.45) is 0.724. The molecule has 2 aromatic rings. The van der Waals surface area contributed by atoms with Gasteiger partial charge in [-0.25, -0.2) is 4.79 Å². The molecule has 0 fully saturated rings. The average Bonchev–Trinajstić information content (AvgIpc) is 2.83. The number of hydrogen-bond donors (Lipinski definition) is 1. The summed E-state index contributed by atoms with van der Waals surface area (Å²) in [5, 5.41) is 9.14. The summed E-state index contributed by atoms with van der Waals surface area (Å²) < 4.78 is 5.18. The summed E-state index contributed by atoms with van der Waals surface area (Å²) in [6.45, 7) is 1.96. The van der Waals surface area contributed by atoms with Crippen LogP contribution in [-0.4, -0.2) is 18.2 Å². The number of benzene rings is 1. The Balaban J connectivity index is 2.47. The highest BCUT2D eigenvalue weighted by atomic mass is 32.1. The van der Waals surface area contributed by atoms with E-state index in [0.717, 1.165) is 28.2 Å². The number of carbonyl (C=O) groups is 1. The number of hydrogen-bond acceptors (Lipinski definition) is 3. The highest BCUT2D eigenvalue weighted by Gasteiger charge is 2.15. The lowest BCUT2D eigenvalue weighted by atomic mass is 10.1. The molecule has 0 unspecified atom stereocenters. The van der Waals surface area contributed by atoms with Crippen LogP contribution in [-0.2, 0) is 6.42 Å². The molecule has 94 valence electrons. The number of carboxylic acids is 1. The predicted octanol–water partition coefficient (Wildman–Crippen LogP) is 3.68. The summed E-state index contributed by atoms with van der Waals surface area (Å²) in [6, 6.07) is 9.59. The van der Waals surface area contributed by atoms with Gasteiger partial charge in [-0.05, 0) is 35.7 Å². The summed E-state index contributed by atoms with van der Waals surface area (Å²) in [7, 11) is 1.62. The quantitative estimate of drug-likeness (QED) is 0.914. The van der Waals surface area contributed by atoms with Gasteiger partial charge in [-0.15, -0.1) is 11.3 Å². The van der Waals surface area contributed by atoms with Gasteiger partial charge in [0.05, 0.1) is 7.11 Å². The van der Waals surface area contributed by atoms with Gasteiger partial charge < -0.3 is 9.84 Å². The average molecular weight is 262 g/mol. The van der Waals surface area contributed by atoms with Crippen molar-refractivity contribution in [2.75, 3.05) is 7.11 Å². The third-order valence-corrected chi connectivity index (χ3v) is 3.95. The standard InChI is InChI=1S/C14H14O3S/c1-3-9-8-12(18-13(9)14(15)16)10-5-4-6-11(7-10)17-2/h4-8H,3H2,1-2H3,(H,15,16). The van der Waals surface area contributed by atoms with Gasteiger partial charge in [-0.3, -0.25) is 0 Å². The van der Waals surface area contributed by atoms with E-state index in [1.165, 1.54) is 11.3 Å². The first-order valence-electron chi connectivity index (χ1n) is 5.66. The molecule has 0 amide bonds. The van der Waals surface area contributed by atoms with Crippen LogP contribution in [0.15, 0.2) is 30.3 Å². The summed E-state index contributed by atoms with van der Waals surface area (Å²) in [5.41, 5.74) is 1.87. The molecule has 18 heavy (non-hydrogen) atoms. The van der Waals surface area contributed by atoms with Crippen LogP contribution in [0.2, 0.25) is 0 Å². The largest absolute Gasteiger partial charge is 0.497 e. The molecule has 0 bridgehead atoms. The molecule has 1 aromatic heterocycles. The third-order valence-electron chi connectivity index (χ3n) is 2.74. The van der Waals surface area contributed by atoms with Crippen LogP contribution in [0.25, 0.3) is 10.4 Å². The number of carboxylic acid groups (broad SMARTS) is 1. The molecule has 4 heteroatoms. The van der Waals surface area contributed by atoms with Gasteiger partial charge in [0.25, 0.3) is 0 Å². The van der Waals surface area contributed by atoms with Gasteiger partial charge in [0.15, 0.2) is 0 Å². The van der Waals surface area contributed by atoms with E-state index in [-0.39, 0.29) is 0 Å². The van der Waals surface area contributed by atoms with Gasteiger partial charge in [0, 0.05) is 4.88 Å². The first-order valence-corrected chi connectivity index (χ1v) is 6.47. The monoisotopic (exact) mass is 262 g/mol. The van der Waals surface area contributed by atoms with Crippen LogP contribution in [0, 0.1) is 0 Å². The maximum Gasteiger partial charge on any atom is 0.346 e. The van der Waals surface area contributed by atoms with Crippen molar-refractivity contribution in [1.82, 2.24) is 0 Å². The van der Waals surface area contributed by atoms with Gasteiger partial charge in [0.2, 0.25) is 0 Å². The summed E-state index contributed by atoms with van der Waals surface area (Å²) in [5.74, 6) is -0.0816. The van der Waals surface area contributed by atoms with Crippen molar-refractivity contribution in [2.24, 2.45) is 0 Å². The molecule has 3 nitrogen and oxygen atoms in total. The fraction of sp³-hybridized carbons (Fsp3) is 0.214.